The van der Waals surface area contributed by atoms with E-state index < -0.39 is 0 Å². The van der Waals surface area contributed by atoms with Crippen molar-refractivity contribution in [1.29, 1.82) is 0 Å². The highest BCUT2D eigenvalue weighted by atomic mass is 15.1. The molecule has 0 spiro atoms. The van der Waals surface area contributed by atoms with Crippen LogP contribution in [0.1, 0.15) is 37.3 Å². The Morgan fingerprint density at radius 3 is 2.31 bits per heavy atom. The quantitative estimate of drug-likeness (QED) is 0.743. The van der Waals surface area contributed by atoms with Crippen LogP contribution in [0.4, 0.5) is 0 Å². The topological polar surface area (TPSA) is 3.24 Å². The summed E-state index contributed by atoms with van der Waals surface area (Å²) in [5.41, 5.74) is 3.82. The molecule has 1 nitrogen and oxygen atoms in total. The first kappa shape index (κ1) is 11.4. The van der Waals surface area contributed by atoms with Crippen LogP contribution in [-0.2, 0) is 6.54 Å². The van der Waals surface area contributed by atoms with Gasteiger partial charge in [-0.2, -0.15) is 0 Å². The van der Waals surface area contributed by atoms with Gasteiger partial charge in [-0.05, 0) is 44.0 Å². The fraction of sp³-hybridized carbons (Fsp3) is 0.467. The Labute approximate surface area is 98.8 Å². The number of rotatable bonds is 3. The lowest BCUT2D eigenvalue weighted by Gasteiger charge is -2.26. The molecule has 0 radical (unpaired) electrons. The number of benzene rings is 1. The van der Waals surface area contributed by atoms with E-state index in [4.69, 9.17) is 0 Å². The largest absolute Gasteiger partial charge is 0.299 e. The van der Waals surface area contributed by atoms with Gasteiger partial charge >= 0.3 is 0 Å². The first-order chi connectivity index (χ1) is 7.75. The SMILES string of the molecule is C=C(C)c1ccc(CN2CCCCC2)cc1. The van der Waals surface area contributed by atoms with Crippen LogP contribution in [0, 0.1) is 0 Å². The van der Waals surface area contributed by atoms with Crippen molar-refractivity contribution < 1.29 is 0 Å². The number of hydrogen-bond donors (Lipinski definition) is 0. The second kappa shape index (κ2) is 5.31. The van der Waals surface area contributed by atoms with Gasteiger partial charge in [-0.1, -0.05) is 42.8 Å². The Hall–Kier alpha value is -1.08. The molecule has 1 heterocycles. The molecule has 1 fully saturated rings. The van der Waals surface area contributed by atoms with Crippen LogP contribution < -0.4 is 0 Å². The minimum Gasteiger partial charge on any atom is -0.299 e. The van der Waals surface area contributed by atoms with E-state index in [9.17, 15) is 0 Å². The molecule has 0 unspecified atom stereocenters. The second-order valence-corrected chi connectivity index (χ2v) is 4.81. The van der Waals surface area contributed by atoms with Gasteiger partial charge in [-0.15, -0.1) is 0 Å². The lowest BCUT2D eigenvalue weighted by atomic mass is 10.1. The monoisotopic (exact) mass is 215 g/mol. The summed E-state index contributed by atoms with van der Waals surface area (Å²) in [4.78, 5) is 2.55. The summed E-state index contributed by atoms with van der Waals surface area (Å²) >= 11 is 0. The molecule has 86 valence electrons. The van der Waals surface area contributed by atoms with Gasteiger partial charge in [0.05, 0.1) is 0 Å². The molecule has 0 saturated carbocycles. The fourth-order valence-corrected chi connectivity index (χ4v) is 2.27. The number of nitrogens with zero attached hydrogens (tertiary/aromatic N) is 1. The molecule has 0 aliphatic carbocycles. The molecule has 16 heavy (non-hydrogen) atoms. The van der Waals surface area contributed by atoms with Crippen molar-refractivity contribution in [2.24, 2.45) is 0 Å². The van der Waals surface area contributed by atoms with E-state index in [0.717, 1.165) is 12.1 Å². The molecule has 2 rings (SSSR count). The first-order valence-electron chi connectivity index (χ1n) is 6.23. The molecule has 1 heteroatoms. The Morgan fingerprint density at radius 1 is 1.12 bits per heavy atom. The number of hydrogen-bond acceptors (Lipinski definition) is 1. The Balaban J connectivity index is 1.96. The Kier molecular flexibility index (Phi) is 3.79. The van der Waals surface area contributed by atoms with Crippen LogP contribution in [0.3, 0.4) is 0 Å². The molecule has 1 aromatic carbocycles. The van der Waals surface area contributed by atoms with E-state index >= 15 is 0 Å². The van der Waals surface area contributed by atoms with E-state index in [1.807, 2.05) is 0 Å². The molecule has 1 saturated heterocycles. The van der Waals surface area contributed by atoms with Gasteiger partial charge in [0.1, 0.15) is 0 Å². The summed E-state index contributed by atoms with van der Waals surface area (Å²) in [6.45, 7) is 9.66. The molecule has 1 aromatic rings. The van der Waals surface area contributed by atoms with Gasteiger partial charge < -0.3 is 0 Å². The van der Waals surface area contributed by atoms with E-state index in [1.165, 1.54) is 43.5 Å². The van der Waals surface area contributed by atoms with Gasteiger partial charge in [0.2, 0.25) is 0 Å². The fourth-order valence-electron chi connectivity index (χ4n) is 2.27. The molecule has 1 aliphatic rings. The molecule has 0 aromatic heterocycles. The highest BCUT2D eigenvalue weighted by molar-refractivity contribution is 5.61. The zero-order valence-electron chi connectivity index (χ0n) is 10.2. The van der Waals surface area contributed by atoms with Crippen molar-refractivity contribution in [3.05, 3.63) is 42.0 Å². The van der Waals surface area contributed by atoms with Crippen LogP contribution in [0.15, 0.2) is 30.8 Å². The number of allylic oxidation sites excluding steroid dienone is 1. The van der Waals surface area contributed by atoms with Crippen LogP contribution in [-0.4, -0.2) is 18.0 Å². The summed E-state index contributed by atoms with van der Waals surface area (Å²) in [6.07, 6.45) is 4.14. The van der Waals surface area contributed by atoms with Crippen molar-refractivity contribution in [3.63, 3.8) is 0 Å². The highest BCUT2D eigenvalue weighted by Gasteiger charge is 2.09. The van der Waals surface area contributed by atoms with Gasteiger partial charge in [0.15, 0.2) is 0 Å². The predicted molar refractivity (Wildman–Crippen MR) is 70.3 cm³/mol. The molecule has 0 bridgehead atoms. The second-order valence-electron chi connectivity index (χ2n) is 4.81. The summed E-state index contributed by atoms with van der Waals surface area (Å²) in [6, 6.07) is 8.83. The molecular formula is C15H21N. The van der Waals surface area contributed by atoms with Crippen molar-refractivity contribution >= 4 is 5.57 Å². The third-order valence-corrected chi connectivity index (χ3v) is 3.30. The standard InChI is InChI=1S/C15H21N/c1-13(2)15-8-6-14(7-9-15)12-16-10-4-3-5-11-16/h6-9H,1,3-5,10-12H2,2H3. The summed E-state index contributed by atoms with van der Waals surface area (Å²) in [5, 5.41) is 0. The Morgan fingerprint density at radius 2 is 1.75 bits per heavy atom. The zero-order valence-corrected chi connectivity index (χ0v) is 10.2. The van der Waals surface area contributed by atoms with Crippen molar-refractivity contribution in [2.45, 2.75) is 32.7 Å². The van der Waals surface area contributed by atoms with E-state index in [2.05, 4.69) is 42.7 Å². The summed E-state index contributed by atoms with van der Waals surface area (Å²) in [5.74, 6) is 0. The minimum atomic E-state index is 1.11. The average molecular weight is 215 g/mol. The van der Waals surface area contributed by atoms with Gasteiger partial charge in [0.25, 0.3) is 0 Å². The smallest absolute Gasteiger partial charge is 0.0233 e. The molecule has 0 N–H and O–H groups in total. The maximum Gasteiger partial charge on any atom is 0.0233 e. The lowest BCUT2D eigenvalue weighted by molar-refractivity contribution is 0.221. The van der Waals surface area contributed by atoms with Gasteiger partial charge in [-0.25, -0.2) is 0 Å². The van der Waals surface area contributed by atoms with Crippen molar-refractivity contribution in [2.75, 3.05) is 13.1 Å². The third kappa shape index (κ3) is 2.96. The summed E-state index contributed by atoms with van der Waals surface area (Å²) < 4.78 is 0. The first-order valence-corrected chi connectivity index (χ1v) is 6.23. The summed E-state index contributed by atoms with van der Waals surface area (Å²) in [7, 11) is 0. The maximum absolute atomic E-state index is 3.96. The van der Waals surface area contributed by atoms with Crippen molar-refractivity contribution in [1.82, 2.24) is 4.90 Å². The van der Waals surface area contributed by atoms with E-state index in [0.29, 0.717) is 0 Å². The van der Waals surface area contributed by atoms with Gasteiger partial charge in [-0.3, -0.25) is 4.90 Å². The van der Waals surface area contributed by atoms with Crippen LogP contribution in [0.2, 0.25) is 0 Å². The van der Waals surface area contributed by atoms with Crippen molar-refractivity contribution in [3.8, 4) is 0 Å². The highest BCUT2D eigenvalue weighted by Crippen LogP contribution is 2.16. The van der Waals surface area contributed by atoms with Crippen LogP contribution in [0.5, 0.6) is 0 Å². The normalized spacial score (nSPS) is 17.3. The third-order valence-electron chi connectivity index (χ3n) is 3.30. The molecule has 1 aliphatic heterocycles. The number of likely N-dealkylation sites (tertiary alicyclic amines) is 1. The average Bonchev–Trinajstić information content (AvgIpc) is 2.31. The van der Waals surface area contributed by atoms with Crippen LogP contribution in [0.25, 0.3) is 5.57 Å². The van der Waals surface area contributed by atoms with Crippen LogP contribution >= 0.6 is 0 Å². The van der Waals surface area contributed by atoms with E-state index in [-0.39, 0.29) is 0 Å². The van der Waals surface area contributed by atoms with Gasteiger partial charge in [0, 0.05) is 6.54 Å². The lowest BCUT2D eigenvalue weighted by Crippen LogP contribution is -2.29. The molecule has 0 amide bonds. The zero-order chi connectivity index (χ0) is 11.4. The maximum atomic E-state index is 3.96. The Bertz CT molecular complexity index is 344. The predicted octanol–water partition coefficient (Wildman–Crippen LogP) is 3.71. The van der Waals surface area contributed by atoms with E-state index in [1.54, 1.807) is 0 Å². The molecular weight excluding hydrogens is 194 g/mol. The molecule has 0 atom stereocenters. The minimum absolute atomic E-state index is 1.11. The number of piperidine rings is 1.